The van der Waals surface area contributed by atoms with E-state index in [1.165, 1.54) is 0 Å². The predicted molar refractivity (Wildman–Crippen MR) is 63.3 cm³/mol. The summed E-state index contributed by atoms with van der Waals surface area (Å²) >= 11 is 0. The van der Waals surface area contributed by atoms with Crippen molar-refractivity contribution in [1.82, 2.24) is 10.2 Å². The third-order valence-corrected chi connectivity index (χ3v) is 2.44. The van der Waals surface area contributed by atoms with Crippen molar-refractivity contribution < 1.29 is 9.47 Å². The van der Waals surface area contributed by atoms with Crippen LogP contribution < -0.4 is 5.32 Å². The Bertz CT molecular complexity index is 124. The lowest BCUT2D eigenvalue weighted by molar-refractivity contribution is -0.00731. The summed E-state index contributed by atoms with van der Waals surface area (Å²) in [7, 11) is 3.63. The molecule has 15 heavy (non-hydrogen) atoms. The fraction of sp³-hybridized carbons (Fsp3) is 1.00. The zero-order valence-corrected chi connectivity index (χ0v) is 10.6. The van der Waals surface area contributed by atoms with Gasteiger partial charge in [-0.1, -0.05) is 13.8 Å². The van der Waals surface area contributed by atoms with Crippen LogP contribution in [0.2, 0.25) is 0 Å². The normalized spacial score (nSPS) is 13.4. The van der Waals surface area contributed by atoms with Crippen molar-refractivity contribution >= 4 is 0 Å². The van der Waals surface area contributed by atoms with E-state index in [1.54, 1.807) is 7.11 Å². The van der Waals surface area contributed by atoms with Gasteiger partial charge in [0.2, 0.25) is 0 Å². The maximum atomic E-state index is 5.73. The number of methoxy groups -OCH3 is 1. The maximum absolute atomic E-state index is 5.73. The summed E-state index contributed by atoms with van der Waals surface area (Å²) in [5.74, 6) is 0. The average molecular weight is 218 g/mol. The first-order valence-corrected chi connectivity index (χ1v) is 5.75. The molecule has 0 rings (SSSR count). The Hall–Kier alpha value is -0.160. The van der Waals surface area contributed by atoms with Crippen LogP contribution in [0.5, 0.6) is 0 Å². The smallest absolute Gasteiger partial charge is 0.0932 e. The van der Waals surface area contributed by atoms with Gasteiger partial charge in [-0.2, -0.15) is 0 Å². The van der Waals surface area contributed by atoms with Gasteiger partial charge in [0.25, 0.3) is 0 Å². The summed E-state index contributed by atoms with van der Waals surface area (Å²) in [4.78, 5) is 2.35. The SMILES string of the molecule is CCN(CC)CCOC(CNC)COC. The fourth-order valence-electron chi connectivity index (χ4n) is 1.47. The van der Waals surface area contributed by atoms with Crippen LogP contribution in [0.25, 0.3) is 0 Å². The highest BCUT2D eigenvalue weighted by atomic mass is 16.5. The molecule has 1 N–H and O–H groups in total. The van der Waals surface area contributed by atoms with Crippen LogP contribution in [0.15, 0.2) is 0 Å². The molecule has 0 aromatic rings. The van der Waals surface area contributed by atoms with Crippen molar-refractivity contribution in [1.29, 1.82) is 0 Å². The van der Waals surface area contributed by atoms with Gasteiger partial charge < -0.3 is 19.7 Å². The molecule has 0 aliphatic rings. The topological polar surface area (TPSA) is 33.7 Å². The lowest BCUT2D eigenvalue weighted by Crippen LogP contribution is -2.34. The number of ether oxygens (including phenoxy) is 2. The molecular weight excluding hydrogens is 192 g/mol. The number of hydrogen-bond donors (Lipinski definition) is 1. The van der Waals surface area contributed by atoms with Gasteiger partial charge in [0.15, 0.2) is 0 Å². The van der Waals surface area contributed by atoms with E-state index in [0.29, 0.717) is 6.61 Å². The molecule has 92 valence electrons. The van der Waals surface area contributed by atoms with Gasteiger partial charge in [0.1, 0.15) is 0 Å². The summed E-state index contributed by atoms with van der Waals surface area (Å²) < 4.78 is 10.8. The van der Waals surface area contributed by atoms with Gasteiger partial charge in [-0.3, -0.25) is 0 Å². The van der Waals surface area contributed by atoms with E-state index in [2.05, 4.69) is 24.1 Å². The van der Waals surface area contributed by atoms with E-state index in [0.717, 1.165) is 32.8 Å². The van der Waals surface area contributed by atoms with Crippen molar-refractivity contribution in [2.45, 2.75) is 20.0 Å². The van der Waals surface area contributed by atoms with Gasteiger partial charge in [-0.05, 0) is 20.1 Å². The lowest BCUT2D eigenvalue weighted by atomic mass is 10.3. The summed E-state index contributed by atoms with van der Waals surface area (Å²) in [5.41, 5.74) is 0. The largest absolute Gasteiger partial charge is 0.382 e. The Morgan fingerprint density at radius 3 is 2.40 bits per heavy atom. The van der Waals surface area contributed by atoms with Gasteiger partial charge in [0, 0.05) is 20.2 Å². The maximum Gasteiger partial charge on any atom is 0.0932 e. The van der Waals surface area contributed by atoms with Crippen molar-refractivity contribution in [2.24, 2.45) is 0 Å². The van der Waals surface area contributed by atoms with Crippen LogP contribution in [0.3, 0.4) is 0 Å². The predicted octanol–water partition coefficient (Wildman–Crippen LogP) is 0.579. The van der Waals surface area contributed by atoms with Crippen molar-refractivity contribution in [3.8, 4) is 0 Å². The van der Waals surface area contributed by atoms with Crippen LogP contribution in [0.1, 0.15) is 13.8 Å². The van der Waals surface area contributed by atoms with Gasteiger partial charge in [-0.25, -0.2) is 0 Å². The molecule has 0 aliphatic heterocycles. The number of likely N-dealkylation sites (N-methyl/N-ethyl adjacent to an activating group) is 2. The molecule has 0 fully saturated rings. The van der Waals surface area contributed by atoms with Gasteiger partial charge in [-0.15, -0.1) is 0 Å². The second kappa shape index (κ2) is 10.4. The third-order valence-electron chi connectivity index (χ3n) is 2.44. The highest BCUT2D eigenvalue weighted by Gasteiger charge is 2.08. The quantitative estimate of drug-likeness (QED) is 0.581. The summed E-state index contributed by atoms with van der Waals surface area (Å²) in [6.07, 6.45) is 0.163. The van der Waals surface area contributed by atoms with Gasteiger partial charge >= 0.3 is 0 Å². The molecule has 0 heterocycles. The molecule has 0 bridgehead atoms. The average Bonchev–Trinajstić information content (AvgIpc) is 2.25. The second-order valence-electron chi connectivity index (χ2n) is 3.53. The lowest BCUT2D eigenvalue weighted by Gasteiger charge is -2.21. The zero-order chi connectivity index (χ0) is 11.5. The molecule has 0 saturated heterocycles. The summed E-state index contributed by atoms with van der Waals surface area (Å²) in [6.45, 7) is 9.77. The number of rotatable bonds is 10. The Kier molecular flexibility index (Phi) is 10.3. The molecule has 0 aliphatic carbocycles. The number of nitrogens with one attached hydrogen (secondary N) is 1. The second-order valence-corrected chi connectivity index (χ2v) is 3.53. The Morgan fingerprint density at radius 1 is 1.27 bits per heavy atom. The van der Waals surface area contributed by atoms with E-state index in [-0.39, 0.29) is 6.10 Å². The van der Waals surface area contributed by atoms with Crippen LogP contribution >= 0.6 is 0 Å². The fourth-order valence-corrected chi connectivity index (χ4v) is 1.47. The van der Waals surface area contributed by atoms with E-state index >= 15 is 0 Å². The number of hydrogen-bond acceptors (Lipinski definition) is 4. The molecule has 0 aromatic heterocycles. The van der Waals surface area contributed by atoms with E-state index in [9.17, 15) is 0 Å². The molecule has 1 atom stereocenters. The third kappa shape index (κ3) is 7.73. The minimum absolute atomic E-state index is 0.163. The highest BCUT2D eigenvalue weighted by Crippen LogP contribution is 1.93. The number of nitrogens with zero attached hydrogens (tertiary/aromatic N) is 1. The van der Waals surface area contributed by atoms with Crippen molar-refractivity contribution in [3.05, 3.63) is 0 Å². The molecule has 1 unspecified atom stereocenters. The molecule has 4 nitrogen and oxygen atoms in total. The molecule has 0 amide bonds. The first kappa shape index (κ1) is 14.8. The van der Waals surface area contributed by atoms with Crippen molar-refractivity contribution in [2.75, 3.05) is 53.6 Å². The van der Waals surface area contributed by atoms with Crippen LogP contribution in [-0.2, 0) is 9.47 Å². The van der Waals surface area contributed by atoms with Crippen molar-refractivity contribution in [3.63, 3.8) is 0 Å². The minimum atomic E-state index is 0.163. The van der Waals surface area contributed by atoms with Crippen LogP contribution in [0.4, 0.5) is 0 Å². The molecule has 0 aromatic carbocycles. The molecule has 0 radical (unpaired) electrons. The molecule has 0 saturated carbocycles. The van der Waals surface area contributed by atoms with Crippen LogP contribution in [-0.4, -0.2) is 64.6 Å². The zero-order valence-electron chi connectivity index (χ0n) is 10.6. The molecule has 4 heteroatoms. The van der Waals surface area contributed by atoms with E-state index in [4.69, 9.17) is 9.47 Å². The standard InChI is InChI=1S/C11H26N2O2/c1-5-13(6-2)7-8-15-11(9-12-3)10-14-4/h11-12H,5-10H2,1-4H3. The van der Waals surface area contributed by atoms with Crippen LogP contribution in [0, 0.1) is 0 Å². The Morgan fingerprint density at radius 2 is 1.93 bits per heavy atom. The monoisotopic (exact) mass is 218 g/mol. The highest BCUT2D eigenvalue weighted by molar-refractivity contribution is 4.60. The van der Waals surface area contributed by atoms with E-state index < -0.39 is 0 Å². The summed E-state index contributed by atoms with van der Waals surface area (Å²) in [6, 6.07) is 0. The minimum Gasteiger partial charge on any atom is -0.382 e. The summed E-state index contributed by atoms with van der Waals surface area (Å²) in [5, 5.41) is 3.10. The first-order valence-electron chi connectivity index (χ1n) is 5.75. The van der Waals surface area contributed by atoms with E-state index in [1.807, 2.05) is 7.05 Å². The first-order chi connectivity index (χ1) is 7.28. The molecule has 0 spiro atoms. The molecular formula is C11H26N2O2. The Balaban J connectivity index is 3.59. The van der Waals surface area contributed by atoms with Gasteiger partial charge in [0.05, 0.1) is 19.3 Å². The Labute approximate surface area is 93.9 Å².